The Bertz CT molecular complexity index is 341. The zero-order valence-electron chi connectivity index (χ0n) is 8.08. The third kappa shape index (κ3) is 5.13. The molecular weight excluding hydrogens is 225 g/mol. The minimum absolute atomic E-state index is 0.0478. The van der Waals surface area contributed by atoms with Crippen LogP contribution < -0.4 is 10.6 Å². The van der Waals surface area contributed by atoms with Crippen LogP contribution in [0, 0.1) is 0 Å². The maximum absolute atomic E-state index is 11.7. The molecule has 1 rings (SSSR count). The molecule has 0 aromatic carbocycles. The predicted octanol–water partition coefficient (Wildman–Crippen LogP) is 0.838. The van der Waals surface area contributed by atoms with Gasteiger partial charge in [0.25, 0.3) is 0 Å². The van der Waals surface area contributed by atoms with Gasteiger partial charge in [-0.15, -0.1) is 0 Å². The number of alkyl halides is 3. The molecular formula is C8H9F3N4O. The molecule has 1 aromatic rings. The number of hydrogen-bond donors (Lipinski definition) is 2. The largest absolute Gasteiger partial charge is 0.405 e. The number of amides is 2. The fraction of sp³-hybridized carbons (Fsp3) is 0.375. The van der Waals surface area contributed by atoms with Crippen LogP contribution in [0.1, 0.15) is 5.69 Å². The van der Waals surface area contributed by atoms with Crippen molar-refractivity contribution in [3.05, 3.63) is 24.3 Å². The average molecular weight is 234 g/mol. The lowest BCUT2D eigenvalue weighted by molar-refractivity contribution is -0.122. The van der Waals surface area contributed by atoms with E-state index in [9.17, 15) is 18.0 Å². The molecule has 0 bridgehead atoms. The third-order valence-corrected chi connectivity index (χ3v) is 1.52. The van der Waals surface area contributed by atoms with Crippen LogP contribution >= 0.6 is 0 Å². The molecule has 2 N–H and O–H groups in total. The van der Waals surface area contributed by atoms with Crippen LogP contribution in [-0.4, -0.2) is 28.7 Å². The van der Waals surface area contributed by atoms with E-state index in [0.29, 0.717) is 5.69 Å². The lowest BCUT2D eigenvalue weighted by Gasteiger charge is -2.09. The Hall–Kier alpha value is -1.86. The van der Waals surface area contributed by atoms with Crippen LogP contribution in [0.3, 0.4) is 0 Å². The number of halogens is 3. The second kappa shape index (κ2) is 5.29. The fourth-order valence-electron chi connectivity index (χ4n) is 0.836. The standard InChI is InChI=1S/C8H9F3N4O/c9-8(10,11)4-14-7(16)13-3-6-1-2-12-5-15-6/h1-2,5H,3-4H2,(H2,13,14,16). The van der Waals surface area contributed by atoms with Gasteiger partial charge >= 0.3 is 12.2 Å². The summed E-state index contributed by atoms with van der Waals surface area (Å²) >= 11 is 0. The van der Waals surface area contributed by atoms with Crippen LogP contribution in [0.2, 0.25) is 0 Å². The van der Waals surface area contributed by atoms with Crippen molar-refractivity contribution < 1.29 is 18.0 Å². The van der Waals surface area contributed by atoms with Crippen molar-refractivity contribution in [2.75, 3.05) is 6.54 Å². The van der Waals surface area contributed by atoms with E-state index in [0.717, 1.165) is 0 Å². The smallest absolute Gasteiger partial charge is 0.333 e. The molecule has 16 heavy (non-hydrogen) atoms. The van der Waals surface area contributed by atoms with E-state index in [1.54, 1.807) is 11.4 Å². The second-order valence-corrected chi connectivity index (χ2v) is 2.85. The van der Waals surface area contributed by atoms with Gasteiger partial charge in [-0.05, 0) is 6.07 Å². The number of rotatable bonds is 3. The highest BCUT2D eigenvalue weighted by molar-refractivity contribution is 5.73. The van der Waals surface area contributed by atoms with Gasteiger partial charge in [-0.3, -0.25) is 0 Å². The first-order valence-corrected chi connectivity index (χ1v) is 4.31. The fourth-order valence-corrected chi connectivity index (χ4v) is 0.836. The van der Waals surface area contributed by atoms with E-state index >= 15 is 0 Å². The predicted molar refractivity (Wildman–Crippen MR) is 48.3 cm³/mol. The van der Waals surface area contributed by atoms with Crippen molar-refractivity contribution in [3.8, 4) is 0 Å². The van der Waals surface area contributed by atoms with E-state index in [1.165, 1.54) is 12.5 Å². The first-order chi connectivity index (χ1) is 7.47. The van der Waals surface area contributed by atoms with Crippen molar-refractivity contribution in [3.63, 3.8) is 0 Å². The molecule has 8 heteroatoms. The molecule has 0 atom stereocenters. The number of urea groups is 1. The quantitative estimate of drug-likeness (QED) is 0.814. The summed E-state index contributed by atoms with van der Waals surface area (Å²) in [7, 11) is 0. The SMILES string of the molecule is O=C(NCc1ccncn1)NCC(F)(F)F. The van der Waals surface area contributed by atoms with Crippen molar-refractivity contribution in [1.29, 1.82) is 0 Å². The lowest BCUT2D eigenvalue weighted by atomic mass is 10.4. The number of carbonyl (C=O) groups excluding carboxylic acids is 1. The highest BCUT2D eigenvalue weighted by Gasteiger charge is 2.27. The van der Waals surface area contributed by atoms with E-state index in [4.69, 9.17) is 0 Å². The van der Waals surface area contributed by atoms with Gasteiger partial charge in [0.15, 0.2) is 0 Å². The monoisotopic (exact) mass is 234 g/mol. The minimum Gasteiger partial charge on any atom is -0.333 e. The zero-order chi connectivity index (χ0) is 12.0. The molecule has 0 unspecified atom stereocenters. The summed E-state index contributed by atoms with van der Waals surface area (Å²) in [6, 6.07) is 0.653. The Labute approximate surface area is 89.1 Å². The molecule has 0 aliphatic rings. The highest BCUT2D eigenvalue weighted by Crippen LogP contribution is 2.11. The Morgan fingerprint density at radius 2 is 2.12 bits per heavy atom. The van der Waals surface area contributed by atoms with E-state index < -0.39 is 18.8 Å². The van der Waals surface area contributed by atoms with Crippen molar-refractivity contribution >= 4 is 6.03 Å². The zero-order valence-corrected chi connectivity index (χ0v) is 8.08. The Balaban J connectivity index is 2.26. The van der Waals surface area contributed by atoms with Gasteiger partial charge < -0.3 is 10.6 Å². The molecule has 2 amide bonds. The summed E-state index contributed by atoms with van der Waals surface area (Å²) in [5.41, 5.74) is 0.511. The van der Waals surface area contributed by atoms with Gasteiger partial charge in [-0.1, -0.05) is 0 Å². The molecule has 0 saturated heterocycles. The summed E-state index contributed by atoms with van der Waals surface area (Å²) < 4.78 is 35.1. The summed E-state index contributed by atoms with van der Waals surface area (Å²) in [6.45, 7) is -1.31. The van der Waals surface area contributed by atoms with Crippen LogP contribution in [0.25, 0.3) is 0 Å². The van der Waals surface area contributed by atoms with Gasteiger partial charge in [-0.25, -0.2) is 14.8 Å². The van der Waals surface area contributed by atoms with Crippen LogP contribution in [0.5, 0.6) is 0 Å². The van der Waals surface area contributed by atoms with Crippen molar-refractivity contribution in [2.24, 2.45) is 0 Å². The van der Waals surface area contributed by atoms with Gasteiger partial charge in [-0.2, -0.15) is 13.2 Å². The molecule has 0 aliphatic heterocycles. The summed E-state index contributed by atoms with van der Waals surface area (Å²) in [4.78, 5) is 18.3. The molecule has 0 fully saturated rings. The Kier molecular flexibility index (Phi) is 4.03. The number of nitrogens with zero attached hydrogens (tertiary/aromatic N) is 2. The number of nitrogens with one attached hydrogen (secondary N) is 2. The summed E-state index contributed by atoms with van der Waals surface area (Å²) in [6.07, 6.45) is -1.66. The molecule has 88 valence electrons. The van der Waals surface area contributed by atoms with E-state index in [-0.39, 0.29) is 6.54 Å². The Morgan fingerprint density at radius 1 is 1.38 bits per heavy atom. The average Bonchev–Trinajstić information content (AvgIpc) is 2.24. The number of hydrogen-bond acceptors (Lipinski definition) is 3. The van der Waals surface area contributed by atoms with E-state index in [2.05, 4.69) is 15.3 Å². The first-order valence-electron chi connectivity index (χ1n) is 4.31. The molecule has 1 aromatic heterocycles. The third-order valence-electron chi connectivity index (χ3n) is 1.52. The number of carbonyl (C=O) groups is 1. The maximum atomic E-state index is 11.7. The lowest BCUT2D eigenvalue weighted by Crippen LogP contribution is -2.40. The van der Waals surface area contributed by atoms with Crippen LogP contribution in [0.4, 0.5) is 18.0 Å². The van der Waals surface area contributed by atoms with Gasteiger partial charge in [0.05, 0.1) is 12.2 Å². The first kappa shape index (κ1) is 12.2. The summed E-state index contributed by atoms with van der Waals surface area (Å²) in [5, 5.41) is 3.91. The Morgan fingerprint density at radius 3 is 2.69 bits per heavy atom. The van der Waals surface area contributed by atoms with Crippen molar-refractivity contribution in [1.82, 2.24) is 20.6 Å². The van der Waals surface area contributed by atoms with Gasteiger partial charge in [0.2, 0.25) is 0 Å². The second-order valence-electron chi connectivity index (χ2n) is 2.85. The van der Waals surface area contributed by atoms with E-state index in [1.807, 2.05) is 0 Å². The molecule has 0 spiro atoms. The topological polar surface area (TPSA) is 66.9 Å². The van der Waals surface area contributed by atoms with Crippen LogP contribution in [-0.2, 0) is 6.54 Å². The molecule has 0 radical (unpaired) electrons. The molecule has 0 saturated carbocycles. The minimum atomic E-state index is -4.41. The summed E-state index contributed by atoms with van der Waals surface area (Å²) in [5.74, 6) is 0. The van der Waals surface area contributed by atoms with Crippen LogP contribution in [0.15, 0.2) is 18.6 Å². The van der Waals surface area contributed by atoms with Gasteiger partial charge in [0, 0.05) is 6.20 Å². The number of aromatic nitrogens is 2. The molecule has 1 heterocycles. The van der Waals surface area contributed by atoms with Crippen molar-refractivity contribution in [2.45, 2.75) is 12.7 Å². The highest BCUT2D eigenvalue weighted by atomic mass is 19.4. The normalized spacial score (nSPS) is 10.9. The van der Waals surface area contributed by atoms with Gasteiger partial charge in [0.1, 0.15) is 12.9 Å². The maximum Gasteiger partial charge on any atom is 0.405 e. The molecule has 5 nitrogen and oxygen atoms in total. The molecule has 0 aliphatic carbocycles.